The van der Waals surface area contributed by atoms with E-state index in [4.69, 9.17) is 5.11 Å². The molecule has 0 bridgehead atoms. The number of ketones is 1. The summed E-state index contributed by atoms with van der Waals surface area (Å²) < 4.78 is 0. The number of Topliss-reactive ketones (excluding diaryl/α,β-unsaturated/α-hetero) is 1. The number of hydrogen-bond acceptors (Lipinski definition) is 6. The molecule has 114 valence electrons. The second-order valence-corrected chi connectivity index (χ2v) is 4.95. The zero-order valence-electron chi connectivity index (χ0n) is 12.1. The predicted octanol–water partition coefficient (Wildman–Crippen LogP) is 2.25. The fourth-order valence-corrected chi connectivity index (χ4v) is 2.29. The van der Waals surface area contributed by atoms with Gasteiger partial charge in [0.05, 0.1) is 17.7 Å². The van der Waals surface area contributed by atoms with Crippen LogP contribution in [0.15, 0.2) is 48.9 Å². The van der Waals surface area contributed by atoms with Crippen molar-refractivity contribution in [2.45, 2.75) is 6.61 Å². The number of hydrogen-bond donors (Lipinski definition) is 2. The minimum Gasteiger partial charge on any atom is -0.392 e. The van der Waals surface area contributed by atoms with E-state index >= 15 is 0 Å². The fraction of sp³-hybridized carbons (Fsp3) is 0.0588. The maximum Gasteiger partial charge on any atom is 0.227 e. The number of fused-ring (bicyclic) bond motifs is 1. The van der Waals surface area contributed by atoms with Crippen LogP contribution in [-0.2, 0) is 11.4 Å². The Morgan fingerprint density at radius 2 is 1.96 bits per heavy atom. The molecular weight excluding hydrogens is 294 g/mol. The molecule has 0 aliphatic rings. The number of aromatic nitrogens is 2. The molecule has 0 saturated carbocycles. The van der Waals surface area contributed by atoms with Gasteiger partial charge in [0.15, 0.2) is 6.29 Å². The molecule has 2 aromatic carbocycles. The van der Waals surface area contributed by atoms with Crippen LogP contribution in [0.1, 0.15) is 15.9 Å². The molecule has 0 atom stereocenters. The minimum atomic E-state index is -0.632. The number of aldehydes is 1. The van der Waals surface area contributed by atoms with Crippen molar-refractivity contribution < 1.29 is 14.7 Å². The molecule has 1 aromatic heterocycles. The molecule has 0 aliphatic carbocycles. The van der Waals surface area contributed by atoms with Crippen LogP contribution < -0.4 is 5.32 Å². The lowest BCUT2D eigenvalue weighted by atomic mass is 10.1. The Morgan fingerprint density at radius 1 is 1.17 bits per heavy atom. The van der Waals surface area contributed by atoms with Crippen molar-refractivity contribution in [2.24, 2.45) is 0 Å². The Balaban J connectivity index is 2.03. The molecule has 0 radical (unpaired) electrons. The smallest absolute Gasteiger partial charge is 0.227 e. The number of anilines is 2. The predicted molar refractivity (Wildman–Crippen MR) is 85.6 cm³/mol. The van der Waals surface area contributed by atoms with Gasteiger partial charge in [-0.3, -0.25) is 9.59 Å². The summed E-state index contributed by atoms with van der Waals surface area (Å²) in [5, 5.41) is 12.9. The molecule has 0 aliphatic heterocycles. The number of rotatable bonds is 5. The Kier molecular flexibility index (Phi) is 4.07. The van der Waals surface area contributed by atoms with E-state index < -0.39 is 5.78 Å². The van der Waals surface area contributed by atoms with Crippen LogP contribution in [0.2, 0.25) is 0 Å². The van der Waals surface area contributed by atoms with Gasteiger partial charge in [-0.05, 0) is 29.8 Å². The summed E-state index contributed by atoms with van der Waals surface area (Å²) >= 11 is 0. The Morgan fingerprint density at radius 3 is 2.65 bits per heavy atom. The van der Waals surface area contributed by atoms with Crippen molar-refractivity contribution in [3.63, 3.8) is 0 Å². The van der Waals surface area contributed by atoms with Crippen LogP contribution >= 0.6 is 0 Å². The third-order valence-electron chi connectivity index (χ3n) is 3.40. The van der Waals surface area contributed by atoms with Gasteiger partial charge in [-0.1, -0.05) is 12.1 Å². The third-order valence-corrected chi connectivity index (χ3v) is 3.40. The molecule has 2 N–H and O–H groups in total. The number of aliphatic hydroxyl groups is 1. The van der Waals surface area contributed by atoms with Gasteiger partial charge in [-0.2, -0.15) is 0 Å². The summed E-state index contributed by atoms with van der Waals surface area (Å²) in [7, 11) is 0. The van der Waals surface area contributed by atoms with E-state index in [-0.39, 0.29) is 18.5 Å². The van der Waals surface area contributed by atoms with Crippen molar-refractivity contribution in [3.8, 4) is 0 Å². The first-order valence-corrected chi connectivity index (χ1v) is 6.91. The highest BCUT2D eigenvalue weighted by Gasteiger charge is 2.12. The van der Waals surface area contributed by atoms with Crippen LogP contribution in [0.25, 0.3) is 10.9 Å². The average molecular weight is 307 g/mol. The quantitative estimate of drug-likeness (QED) is 0.427. The van der Waals surface area contributed by atoms with Gasteiger partial charge in [0, 0.05) is 23.0 Å². The number of benzene rings is 2. The van der Waals surface area contributed by atoms with Gasteiger partial charge < -0.3 is 10.4 Å². The monoisotopic (exact) mass is 307 g/mol. The highest BCUT2D eigenvalue weighted by atomic mass is 16.3. The van der Waals surface area contributed by atoms with Crippen molar-refractivity contribution >= 4 is 34.3 Å². The lowest BCUT2D eigenvalue weighted by Crippen LogP contribution is -2.04. The van der Waals surface area contributed by atoms with Crippen molar-refractivity contribution in [3.05, 3.63) is 60.0 Å². The van der Waals surface area contributed by atoms with E-state index in [0.717, 1.165) is 11.3 Å². The van der Waals surface area contributed by atoms with E-state index in [1.807, 2.05) is 12.1 Å². The molecular formula is C17H13N3O3. The zero-order valence-corrected chi connectivity index (χ0v) is 12.1. The molecule has 23 heavy (non-hydrogen) atoms. The summed E-state index contributed by atoms with van der Waals surface area (Å²) in [6, 6.07) is 10.6. The van der Waals surface area contributed by atoms with Crippen molar-refractivity contribution in [2.75, 3.05) is 5.32 Å². The van der Waals surface area contributed by atoms with E-state index in [1.165, 1.54) is 6.33 Å². The highest BCUT2D eigenvalue weighted by molar-refractivity contribution is 6.36. The first-order chi connectivity index (χ1) is 11.2. The van der Waals surface area contributed by atoms with Crippen LogP contribution in [0, 0.1) is 0 Å². The summed E-state index contributed by atoms with van der Waals surface area (Å²) in [5.74, 6) is -0.632. The van der Waals surface area contributed by atoms with Gasteiger partial charge >= 0.3 is 0 Å². The molecule has 6 nitrogen and oxygen atoms in total. The molecule has 3 aromatic rings. The largest absolute Gasteiger partial charge is 0.392 e. The van der Waals surface area contributed by atoms with Crippen LogP contribution in [0.3, 0.4) is 0 Å². The molecule has 0 spiro atoms. The van der Waals surface area contributed by atoms with Crippen LogP contribution in [-0.4, -0.2) is 27.1 Å². The maximum absolute atomic E-state index is 11.8. The number of nitrogens with one attached hydrogen (secondary N) is 1. The van der Waals surface area contributed by atoms with E-state index in [0.29, 0.717) is 16.6 Å². The number of nitrogens with zero attached hydrogens (tertiary/aromatic N) is 2. The molecule has 0 unspecified atom stereocenters. The lowest BCUT2D eigenvalue weighted by molar-refractivity contribution is -0.104. The second kappa shape index (κ2) is 6.33. The van der Waals surface area contributed by atoms with Crippen LogP contribution in [0.5, 0.6) is 0 Å². The van der Waals surface area contributed by atoms with Gasteiger partial charge in [0.1, 0.15) is 6.33 Å². The Labute approximate surface area is 131 Å². The average Bonchev–Trinajstić information content (AvgIpc) is 2.61. The van der Waals surface area contributed by atoms with Crippen molar-refractivity contribution in [1.29, 1.82) is 0 Å². The topological polar surface area (TPSA) is 92.2 Å². The molecule has 1 heterocycles. The summed E-state index contributed by atoms with van der Waals surface area (Å²) in [6.45, 7) is -0.0222. The molecule has 0 amide bonds. The SMILES string of the molecule is O=CC(=O)c1cc(Nc2ccc(CO)cc2)cc2cncnc12. The molecule has 0 saturated heterocycles. The van der Waals surface area contributed by atoms with E-state index in [1.54, 1.807) is 30.5 Å². The summed E-state index contributed by atoms with van der Waals surface area (Å²) in [4.78, 5) is 30.7. The number of carbonyl (C=O) groups is 2. The first kappa shape index (κ1) is 14.8. The normalized spacial score (nSPS) is 10.5. The maximum atomic E-state index is 11.8. The standard InChI is InChI=1S/C17H13N3O3/c21-8-11-1-3-13(4-2-11)20-14-5-12-7-18-10-19-17(12)15(6-14)16(23)9-22/h1-7,9-10,20-21H,8H2. The summed E-state index contributed by atoms with van der Waals surface area (Å²) in [6.07, 6.45) is 3.20. The van der Waals surface area contributed by atoms with E-state index in [9.17, 15) is 9.59 Å². The molecule has 3 rings (SSSR count). The number of aliphatic hydroxyl groups excluding tert-OH is 1. The second-order valence-electron chi connectivity index (χ2n) is 4.95. The third kappa shape index (κ3) is 3.07. The molecule has 0 fully saturated rings. The highest BCUT2D eigenvalue weighted by Crippen LogP contribution is 2.25. The zero-order chi connectivity index (χ0) is 16.2. The minimum absolute atomic E-state index is 0.0222. The van der Waals surface area contributed by atoms with Gasteiger partial charge in [-0.25, -0.2) is 9.97 Å². The number of carbonyl (C=O) groups excluding carboxylic acids is 2. The van der Waals surface area contributed by atoms with Gasteiger partial charge in [-0.15, -0.1) is 0 Å². The Hall–Kier alpha value is -3.12. The van der Waals surface area contributed by atoms with Gasteiger partial charge in [0.2, 0.25) is 5.78 Å². The Bertz CT molecular complexity index is 876. The van der Waals surface area contributed by atoms with Crippen LogP contribution in [0.4, 0.5) is 11.4 Å². The van der Waals surface area contributed by atoms with Crippen molar-refractivity contribution in [1.82, 2.24) is 9.97 Å². The first-order valence-electron chi connectivity index (χ1n) is 6.91. The summed E-state index contributed by atoms with van der Waals surface area (Å²) in [5.41, 5.74) is 2.92. The fourth-order valence-electron chi connectivity index (χ4n) is 2.29. The van der Waals surface area contributed by atoms with E-state index in [2.05, 4.69) is 15.3 Å². The lowest BCUT2D eigenvalue weighted by Gasteiger charge is -2.10. The molecule has 6 heteroatoms. The van der Waals surface area contributed by atoms with Gasteiger partial charge in [0.25, 0.3) is 0 Å².